The Morgan fingerprint density at radius 2 is 2.06 bits per heavy atom. The van der Waals surface area contributed by atoms with Crippen LogP contribution in [0, 0.1) is 5.82 Å². The second-order valence-electron chi connectivity index (χ2n) is 3.59. The molecule has 0 aliphatic heterocycles. The predicted octanol–water partition coefficient (Wildman–Crippen LogP) is 1.24. The molecule has 18 heavy (non-hydrogen) atoms. The summed E-state index contributed by atoms with van der Waals surface area (Å²) >= 11 is 0. The van der Waals surface area contributed by atoms with Gasteiger partial charge in [0.15, 0.2) is 6.29 Å². The number of methoxy groups -OCH3 is 2. The van der Waals surface area contributed by atoms with Crippen LogP contribution < -0.4 is 10.6 Å². The van der Waals surface area contributed by atoms with Gasteiger partial charge in [-0.05, 0) is 17.7 Å². The van der Waals surface area contributed by atoms with E-state index >= 15 is 0 Å². The first-order valence-corrected chi connectivity index (χ1v) is 5.47. The number of carbonyl (C=O) groups is 1. The van der Waals surface area contributed by atoms with Crippen LogP contribution in [0.2, 0.25) is 0 Å². The van der Waals surface area contributed by atoms with Crippen molar-refractivity contribution in [1.82, 2.24) is 10.6 Å². The molecule has 0 unspecified atom stereocenters. The van der Waals surface area contributed by atoms with Gasteiger partial charge in [-0.1, -0.05) is 12.1 Å². The maximum absolute atomic E-state index is 12.9. The van der Waals surface area contributed by atoms with Crippen molar-refractivity contribution in [3.8, 4) is 0 Å². The lowest BCUT2D eigenvalue weighted by Crippen LogP contribution is -2.40. The van der Waals surface area contributed by atoms with Crippen molar-refractivity contribution < 1.29 is 18.7 Å². The number of nitrogens with one attached hydrogen (secondary N) is 2. The first-order valence-electron chi connectivity index (χ1n) is 5.47. The Balaban J connectivity index is 2.29. The van der Waals surface area contributed by atoms with Gasteiger partial charge in [-0.15, -0.1) is 0 Å². The van der Waals surface area contributed by atoms with Crippen molar-refractivity contribution in [1.29, 1.82) is 0 Å². The highest BCUT2D eigenvalue weighted by atomic mass is 19.1. The summed E-state index contributed by atoms with van der Waals surface area (Å²) < 4.78 is 22.7. The normalized spacial score (nSPS) is 10.4. The van der Waals surface area contributed by atoms with Crippen LogP contribution in [0.3, 0.4) is 0 Å². The molecule has 2 amide bonds. The van der Waals surface area contributed by atoms with Crippen molar-refractivity contribution in [2.45, 2.75) is 12.8 Å². The number of amides is 2. The zero-order valence-corrected chi connectivity index (χ0v) is 10.4. The second-order valence-corrected chi connectivity index (χ2v) is 3.59. The van der Waals surface area contributed by atoms with Crippen LogP contribution in [0.1, 0.15) is 5.56 Å². The summed E-state index contributed by atoms with van der Waals surface area (Å²) in [7, 11) is 2.97. The van der Waals surface area contributed by atoms with E-state index in [-0.39, 0.29) is 24.9 Å². The van der Waals surface area contributed by atoms with Crippen molar-refractivity contribution in [2.75, 3.05) is 20.8 Å². The minimum absolute atomic E-state index is 0.238. The highest BCUT2D eigenvalue weighted by Crippen LogP contribution is 2.02. The van der Waals surface area contributed by atoms with E-state index in [0.717, 1.165) is 0 Å². The molecule has 0 aliphatic carbocycles. The number of ether oxygens (including phenoxy) is 2. The Morgan fingerprint density at radius 3 is 2.67 bits per heavy atom. The first kappa shape index (κ1) is 14.4. The van der Waals surface area contributed by atoms with Crippen molar-refractivity contribution in [2.24, 2.45) is 0 Å². The number of urea groups is 1. The molecule has 5 nitrogen and oxygen atoms in total. The molecule has 0 atom stereocenters. The van der Waals surface area contributed by atoms with Gasteiger partial charge in [-0.3, -0.25) is 0 Å². The van der Waals surface area contributed by atoms with Gasteiger partial charge >= 0.3 is 6.03 Å². The Labute approximate surface area is 105 Å². The lowest BCUT2D eigenvalue weighted by molar-refractivity contribution is -0.0971. The van der Waals surface area contributed by atoms with Crippen LogP contribution in [0.5, 0.6) is 0 Å². The van der Waals surface area contributed by atoms with Gasteiger partial charge in [0.1, 0.15) is 5.82 Å². The summed E-state index contributed by atoms with van der Waals surface area (Å²) in [6.45, 7) is 0.496. The van der Waals surface area contributed by atoms with Gasteiger partial charge in [0.25, 0.3) is 0 Å². The lowest BCUT2D eigenvalue weighted by atomic mass is 10.2. The highest BCUT2D eigenvalue weighted by molar-refractivity contribution is 5.73. The van der Waals surface area contributed by atoms with E-state index in [9.17, 15) is 9.18 Å². The maximum Gasteiger partial charge on any atom is 0.315 e. The zero-order chi connectivity index (χ0) is 13.4. The van der Waals surface area contributed by atoms with Crippen LogP contribution in [0.15, 0.2) is 24.3 Å². The van der Waals surface area contributed by atoms with Crippen molar-refractivity contribution in [3.05, 3.63) is 35.6 Å². The zero-order valence-electron chi connectivity index (χ0n) is 10.4. The van der Waals surface area contributed by atoms with Crippen molar-refractivity contribution in [3.63, 3.8) is 0 Å². The van der Waals surface area contributed by atoms with Gasteiger partial charge in [0, 0.05) is 20.8 Å². The largest absolute Gasteiger partial charge is 0.354 e. The molecular weight excluding hydrogens is 239 g/mol. The van der Waals surface area contributed by atoms with Crippen LogP contribution in [0.25, 0.3) is 0 Å². The number of hydrogen-bond donors (Lipinski definition) is 2. The van der Waals surface area contributed by atoms with Crippen LogP contribution in [-0.4, -0.2) is 33.1 Å². The molecule has 1 rings (SSSR count). The summed E-state index contributed by atoms with van der Waals surface area (Å²) in [5.74, 6) is -0.325. The smallest absolute Gasteiger partial charge is 0.315 e. The molecular formula is C12H17FN2O3. The lowest BCUT2D eigenvalue weighted by Gasteiger charge is -2.14. The number of benzene rings is 1. The third-order valence-corrected chi connectivity index (χ3v) is 2.30. The minimum Gasteiger partial charge on any atom is -0.354 e. The van der Waals surface area contributed by atoms with Gasteiger partial charge < -0.3 is 20.1 Å². The fraction of sp³-hybridized carbons (Fsp3) is 0.417. The molecule has 2 N–H and O–H groups in total. The fourth-order valence-corrected chi connectivity index (χ4v) is 1.33. The van der Waals surface area contributed by atoms with Gasteiger partial charge in [-0.25, -0.2) is 9.18 Å². The number of carbonyl (C=O) groups excluding carboxylic acids is 1. The average Bonchev–Trinajstić information content (AvgIpc) is 2.37. The first-order chi connectivity index (χ1) is 8.65. The Bertz CT molecular complexity index is 383. The summed E-state index contributed by atoms with van der Waals surface area (Å²) in [5, 5.41) is 5.18. The summed E-state index contributed by atoms with van der Waals surface area (Å²) in [6.07, 6.45) is -0.482. The SMILES string of the molecule is COC(CNC(=O)NCc1cccc(F)c1)OC. The van der Waals surface area contributed by atoms with Gasteiger partial charge in [-0.2, -0.15) is 0 Å². The third-order valence-electron chi connectivity index (χ3n) is 2.30. The molecule has 0 fully saturated rings. The molecule has 0 spiro atoms. The summed E-state index contributed by atoms with van der Waals surface area (Å²) in [4.78, 5) is 11.4. The minimum atomic E-state index is -0.482. The summed E-state index contributed by atoms with van der Waals surface area (Å²) in [6, 6.07) is 5.68. The topological polar surface area (TPSA) is 59.6 Å². The molecule has 1 aromatic rings. The van der Waals surface area contributed by atoms with E-state index in [4.69, 9.17) is 9.47 Å². The fourth-order valence-electron chi connectivity index (χ4n) is 1.33. The van der Waals surface area contributed by atoms with E-state index in [1.54, 1.807) is 12.1 Å². The van der Waals surface area contributed by atoms with Crippen LogP contribution in [-0.2, 0) is 16.0 Å². The Hall–Kier alpha value is -1.66. The molecule has 100 valence electrons. The van der Waals surface area contributed by atoms with Crippen LogP contribution in [0.4, 0.5) is 9.18 Å². The van der Waals surface area contributed by atoms with Gasteiger partial charge in [0.05, 0.1) is 6.54 Å². The van der Waals surface area contributed by atoms with E-state index in [1.807, 2.05) is 0 Å². The molecule has 0 saturated carbocycles. The molecule has 0 saturated heterocycles. The average molecular weight is 256 g/mol. The van der Waals surface area contributed by atoms with Crippen LogP contribution >= 0.6 is 0 Å². The molecule has 0 aliphatic rings. The summed E-state index contributed by atoms with van der Waals surface area (Å²) in [5.41, 5.74) is 0.695. The molecule has 0 bridgehead atoms. The maximum atomic E-state index is 12.9. The van der Waals surface area contributed by atoms with E-state index < -0.39 is 6.29 Å². The van der Waals surface area contributed by atoms with Crippen molar-refractivity contribution >= 4 is 6.03 Å². The third kappa shape index (κ3) is 5.11. The number of hydrogen-bond acceptors (Lipinski definition) is 3. The molecule has 1 aromatic carbocycles. The monoisotopic (exact) mass is 256 g/mol. The van der Waals surface area contributed by atoms with E-state index in [0.29, 0.717) is 5.56 Å². The quantitative estimate of drug-likeness (QED) is 0.753. The Kier molecular flexibility index (Phi) is 6.10. The number of halogens is 1. The molecule has 0 heterocycles. The molecule has 6 heteroatoms. The van der Waals surface area contributed by atoms with E-state index in [1.165, 1.54) is 26.4 Å². The van der Waals surface area contributed by atoms with E-state index in [2.05, 4.69) is 10.6 Å². The molecule has 0 radical (unpaired) electrons. The second kappa shape index (κ2) is 7.62. The standard InChI is InChI=1S/C12H17FN2O3/c1-17-11(18-2)8-15-12(16)14-7-9-4-3-5-10(13)6-9/h3-6,11H,7-8H2,1-2H3,(H2,14,15,16). The number of rotatable bonds is 6. The predicted molar refractivity (Wildman–Crippen MR) is 64.4 cm³/mol. The molecule has 0 aromatic heterocycles. The highest BCUT2D eigenvalue weighted by Gasteiger charge is 2.07. The Morgan fingerprint density at radius 1 is 1.33 bits per heavy atom. The van der Waals surface area contributed by atoms with Gasteiger partial charge in [0.2, 0.25) is 0 Å².